The van der Waals surface area contributed by atoms with Crippen molar-refractivity contribution in [1.29, 1.82) is 0 Å². The molecule has 1 heterocycles. The lowest BCUT2D eigenvalue weighted by atomic mass is 10.0. The number of amides is 2. The molecule has 1 fully saturated rings. The molecule has 0 saturated heterocycles. The van der Waals surface area contributed by atoms with E-state index in [1.54, 1.807) is 11.1 Å². The summed E-state index contributed by atoms with van der Waals surface area (Å²) >= 11 is 0. The lowest BCUT2D eigenvalue weighted by Gasteiger charge is -2.32. The normalized spacial score (nSPS) is 14.3. The second-order valence-corrected chi connectivity index (χ2v) is 14.7. The van der Waals surface area contributed by atoms with E-state index in [2.05, 4.69) is 28.7 Å². The van der Waals surface area contributed by atoms with Gasteiger partial charge in [0.25, 0.3) is 5.91 Å². The van der Waals surface area contributed by atoms with Gasteiger partial charge < -0.3 is 19.5 Å². The van der Waals surface area contributed by atoms with Gasteiger partial charge in [0.2, 0.25) is 5.91 Å². The fourth-order valence-electron chi connectivity index (χ4n) is 7.18. The van der Waals surface area contributed by atoms with Crippen molar-refractivity contribution in [1.82, 2.24) is 19.8 Å². The number of rotatable bonds is 29. The first kappa shape index (κ1) is 42.8. The van der Waals surface area contributed by atoms with E-state index in [9.17, 15) is 14.4 Å². The first-order chi connectivity index (χ1) is 24.0. The lowest BCUT2D eigenvalue weighted by Crippen LogP contribution is -2.53. The number of unbranched alkanes of at least 4 members (excludes halogenated alkanes) is 16. The van der Waals surface area contributed by atoms with E-state index in [1.165, 1.54) is 83.5 Å². The van der Waals surface area contributed by atoms with Crippen molar-refractivity contribution in [3.63, 3.8) is 0 Å². The van der Waals surface area contributed by atoms with Gasteiger partial charge in [0, 0.05) is 37.9 Å². The molecule has 2 rings (SSSR count). The maximum atomic E-state index is 13.9. The maximum absolute atomic E-state index is 13.9. The molecule has 0 aliphatic heterocycles. The SMILES string of the molecule is CCCCCCCCCCCCCCCC(=O)OCC(=O)N(CCCn1ccnc1C)C(CCCCCCC)C(=O)NC1CCCCCC1. The smallest absolute Gasteiger partial charge is 0.306 e. The van der Waals surface area contributed by atoms with Crippen LogP contribution in [-0.2, 0) is 25.7 Å². The minimum atomic E-state index is -0.555. The molecule has 8 heteroatoms. The molecular weight excluding hydrogens is 612 g/mol. The molecule has 0 aromatic carbocycles. The van der Waals surface area contributed by atoms with E-state index >= 15 is 0 Å². The maximum Gasteiger partial charge on any atom is 0.306 e. The standard InChI is InChI=1S/C41H74N4O4/c1-4-6-8-10-11-12-13-14-15-16-17-19-25-30-40(47)49-35-39(46)45(33-26-32-44-34-31-42-36(44)3)38(29-24-18-9-7-5-2)41(48)43-37-27-22-20-21-23-28-37/h31,34,37-38H,4-30,32-33,35H2,1-3H3,(H,43,48). The van der Waals surface area contributed by atoms with Crippen LogP contribution in [0.25, 0.3) is 0 Å². The van der Waals surface area contributed by atoms with Crippen LogP contribution in [0.15, 0.2) is 12.4 Å². The summed E-state index contributed by atoms with van der Waals surface area (Å²) in [5.74, 6) is 0.298. The molecule has 1 N–H and O–H groups in total. The van der Waals surface area contributed by atoms with E-state index in [0.29, 0.717) is 32.4 Å². The zero-order chi connectivity index (χ0) is 35.4. The van der Waals surface area contributed by atoms with Crippen molar-refractivity contribution in [3.05, 3.63) is 18.2 Å². The van der Waals surface area contributed by atoms with Crippen molar-refractivity contribution < 1.29 is 19.1 Å². The quantitative estimate of drug-likeness (QED) is 0.0514. The summed E-state index contributed by atoms with van der Waals surface area (Å²) in [4.78, 5) is 46.4. The third kappa shape index (κ3) is 20.2. The van der Waals surface area contributed by atoms with Gasteiger partial charge in [0.05, 0.1) is 0 Å². The number of imidazole rings is 1. The van der Waals surface area contributed by atoms with E-state index < -0.39 is 6.04 Å². The monoisotopic (exact) mass is 687 g/mol. The Morgan fingerprint density at radius 2 is 1.35 bits per heavy atom. The predicted octanol–water partition coefficient (Wildman–Crippen LogP) is 10.0. The van der Waals surface area contributed by atoms with Gasteiger partial charge in [-0.2, -0.15) is 0 Å². The molecule has 0 bridgehead atoms. The van der Waals surface area contributed by atoms with Crippen LogP contribution in [-0.4, -0.2) is 57.5 Å². The summed E-state index contributed by atoms with van der Waals surface area (Å²) in [7, 11) is 0. The van der Waals surface area contributed by atoms with Crippen LogP contribution >= 0.6 is 0 Å². The van der Waals surface area contributed by atoms with E-state index in [4.69, 9.17) is 4.74 Å². The Balaban J connectivity index is 1.87. The van der Waals surface area contributed by atoms with Crippen LogP contribution in [0.1, 0.15) is 193 Å². The Labute approximate surface area is 300 Å². The van der Waals surface area contributed by atoms with E-state index in [1.807, 2.05) is 13.1 Å². The number of hydrogen-bond donors (Lipinski definition) is 1. The Kier molecular flexibility index (Phi) is 24.7. The van der Waals surface area contributed by atoms with Crippen molar-refractivity contribution in [2.24, 2.45) is 0 Å². The number of esters is 1. The van der Waals surface area contributed by atoms with Crippen molar-refractivity contribution in [3.8, 4) is 0 Å². The van der Waals surface area contributed by atoms with E-state index in [0.717, 1.165) is 76.5 Å². The Morgan fingerprint density at radius 3 is 1.90 bits per heavy atom. The van der Waals surface area contributed by atoms with Crippen LogP contribution in [0.5, 0.6) is 0 Å². The number of carbonyl (C=O) groups is 3. The van der Waals surface area contributed by atoms with E-state index in [-0.39, 0.29) is 30.4 Å². The predicted molar refractivity (Wildman–Crippen MR) is 201 cm³/mol. The highest BCUT2D eigenvalue weighted by Crippen LogP contribution is 2.20. The molecule has 1 aromatic rings. The highest BCUT2D eigenvalue weighted by atomic mass is 16.5. The average Bonchev–Trinajstić information content (AvgIpc) is 3.33. The largest absolute Gasteiger partial charge is 0.456 e. The minimum absolute atomic E-state index is 0.0483. The second kappa shape index (κ2) is 28.3. The zero-order valence-corrected chi connectivity index (χ0v) is 32.0. The van der Waals surface area contributed by atoms with Gasteiger partial charge in [0.1, 0.15) is 11.9 Å². The number of hydrogen-bond acceptors (Lipinski definition) is 5. The summed E-state index contributed by atoms with van der Waals surface area (Å²) in [6.45, 7) is 7.28. The summed E-state index contributed by atoms with van der Waals surface area (Å²) in [6.07, 6.45) is 33.8. The topological polar surface area (TPSA) is 93.5 Å². The Hall–Kier alpha value is -2.38. The van der Waals surface area contributed by atoms with Gasteiger partial charge in [-0.25, -0.2) is 4.98 Å². The molecule has 1 aliphatic rings. The molecule has 1 aromatic heterocycles. The third-order valence-electron chi connectivity index (χ3n) is 10.3. The van der Waals surface area contributed by atoms with Gasteiger partial charge in [-0.3, -0.25) is 14.4 Å². The van der Waals surface area contributed by atoms with Crippen LogP contribution < -0.4 is 5.32 Å². The molecule has 1 unspecified atom stereocenters. The lowest BCUT2D eigenvalue weighted by molar-refractivity contribution is -0.154. The number of nitrogens with one attached hydrogen (secondary N) is 1. The molecule has 282 valence electrons. The average molecular weight is 687 g/mol. The van der Waals surface area contributed by atoms with Crippen LogP contribution in [0.2, 0.25) is 0 Å². The molecule has 0 spiro atoms. The second-order valence-electron chi connectivity index (χ2n) is 14.7. The van der Waals surface area contributed by atoms with Crippen LogP contribution in [0.3, 0.4) is 0 Å². The molecule has 1 saturated carbocycles. The fraction of sp³-hybridized carbons (Fsp3) is 0.854. The van der Waals surface area contributed by atoms with Crippen molar-refractivity contribution in [2.75, 3.05) is 13.2 Å². The first-order valence-electron chi connectivity index (χ1n) is 20.7. The molecule has 2 amide bonds. The number of ether oxygens (including phenoxy) is 1. The van der Waals surface area contributed by atoms with Gasteiger partial charge >= 0.3 is 5.97 Å². The van der Waals surface area contributed by atoms with Crippen LogP contribution in [0.4, 0.5) is 0 Å². The molecule has 1 atom stereocenters. The highest BCUT2D eigenvalue weighted by Gasteiger charge is 2.31. The Morgan fingerprint density at radius 1 is 0.796 bits per heavy atom. The molecule has 8 nitrogen and oxygen atoms in total. The summed E-state index contributed by atoms with van der Waals surface area (Å²) in [6, 6.07) is -0.387. The van der Waals surface area contributed by atoms with Crippen molar-refractivity contribution in [2.45, 2.75) is 213 Å². The Bertz CT molecular complexity index is 988. The molecular formula is C41H74N4O4. The van der Waals surface area contributed by atoms with Crippen molar-refractivity contribution >= 4 is 17.8 Å². The molecule has 1 aliphatic carbocycles. The van der Waals surface area contributed by atoms with Gasteiger partial charge in [-0.15, -0.1) is 0 Å². The fourth-order valence-corrected chi connectivity index (χ4v) is 7.18. The van der Waals surface area contributed by atoms with Gasteiger partial charge in [-0.05, 0) is 39.0 Å². The summed E-state index contributed by atoms with van der Waals surface area (Å²) < 4.78 is 7.61. The molecule has 0 radical (unpaired) electrons. The molecule has 49 heavy (non-hydrogen) atoms. The van der Waals surface area contributed by atoms with Crippen LogP contribution in [0, 0.1) is 6.92 Å². The number of aromatic nitrogens is 2. The number of aryl methyl sites for hydroxylation is 2. The number of nitrogens with zero attached hydrogens (tertiary/aromatic N) is 3. The number of carbonyl (C=O) groups excluding carboxylic acids is 3. The summed E-state index contributed by atoms with van der Waals surface area (Å²) in [5, 5.41) is 3.34. The zero-order valence-electron chi connectivity index (χ0n) is 32.0. The van der Waals surface area contributed by atoms with Gasteiger partial charge in [-0.1, -0.05) is 149 Å². The first-order valence-corrected chi connectivity index (χ1v) is 20.7. The minimum Gasteiger partial charge on any atom is -0.456 e. The highest BCUT2D eigenvalue weighted by molar-refractivity contribution is 5.89. The van der Waals surface area contributed by atoms with Gasteiger partial charge in [0.15, 0.2) is 6.61 Å². The third-order valence-corrected chi connectivity index (χ3v) is 10.3. The summed E-state index contributed by atoms with van der Waals surface area (Å²) in [5.41, 5.74) is 0.